The first-order valence-electron chi connectivity index (χ1n) is 6.36. The number of ketones is 1. The van der Waals surface area contributed by atoms with Gasteiger partial charge in [-0.3, -0.25) is 4.79 Å². The van der Waals surface area contributed by atoms with Crippen molar-refractivity contribution in [2.24, 2.45) is 11.3 Å². The Balaban J connectivity index is 2.00. The van der Waals surface area contributed by atoms with Gasteiger partial charge in [0.25, 0.3) is 0 Å². The first-order valence-corrected chi connectivity index (χ1v) is 6.36. The highest BCUT2D eigenvalue weighted by molar-refractivity contribution is 5.86. The zero-order valence-corrected chi connectivity index (χ0v) is 10.7. The van der Waals surface area contributed by atoms with Gasteiger partial charge in [-0.15, -0.1) is 0 Å². The number of furan rings is 1. The molecule has 1 unspecified atom stereocenters. The van der Waals surface area contributed by atoms with Crippen LogP contribution in [0.2, 0.25) is 0 Å². The van der Waals surface area contributed by atoms with Crippen molar-refractivity contribution in [3.63, 3.8) is 0 Å². The number of piperidine rings is 1. The number of carbonyl (C=O) groups is 1. The van der Waals surface area contributed by atoms with Crippen molar-refractivity contribution in [1.82, 2.24) is 5.32 Å². The van der Waals surface area contributed by atoms with Crippen molar-refractivity contribution in [3.8, 4) is 0 Å². The molecule has 0 amide bonds. The smallest absolute Gasteiger partial charge is 0.143 e. The van der Waals surface area contributed by atoms with E-state index in [1.54, 1.807) is 12.5 Å². The minimum Gasteiger partial charge on any atom is -0.472 e. The van der Waals surface area contributed by atoms with Gasteiger partial charge in [-0.1, -0.05) is 13.8 Å². The molecule has 1 N–H and O–H groups in total. The Labute approximate surface area is 103 Å². The fourth-order valence-corrected chi connectivity index (χ4v) is 2.50. The summed E-state index contributed by atoms with van der Waals surface area (Å²) in [7, 11) is 0. The molecular weight excluding hydrogens is 214 g/mol. The summed E-state index contributed by atoms with van der Waals surface area (Å²) in [5.74, 6) is 0.767. The van der Waals surface area contributed by atoms with E-state index in [1.165, 1.54) is 6.42 Å². The largest absolute Gasteiger partial charge is 0.472 e. The van der Waals surface area contributed by atoms with E-state index >= 15 is 0 Å². The van der Waals surface area contributed by atoms with Gasteiger partial charge >= 0.3 is 0 Å². The van der Waals surface area contributed by atoms with Crippen LogP contribution in [-0.4, -0.2) is 18.9 Å². The second kappa shape index (κ2) is 5.05. The van der Waals surface area contributed by atoms with Crippen LogP contribution in [0.5, 0.6) is 0 Å². The molecule has 0 aromatic carbocycles. The lowest BCUT2D eigenvalue weighted by atomic mass is 9.71. The summed E-state index contributed by atoms with van der Waals surface area (Å²) in [6, 6.07) is 1.87. The number of hydrogen-bond acceptors (Lipinski definition) is 3. The fraction of sp³-hybridized carbons (Fsp3) is 0.643. The SMILES string of the molecule is CC(C)(C(=O)Cc1ccoc1)C1CCCNC1. The summed E-state index contributed by atoms with van der Waals surface area (Å²) in [4.78, 5) is 12.4. The fourth-order valence-electron chi connectivity index (χ4n) is 2.50. The number of carbonyl (C=O) groups excluding carboxylic acids is 1. The van der Waals surface area contributed by atoms with Crippen molar-refractivity contribution < 1.29 is 9.21 Å². The van der Waals surface area contributed by atoms with E-state index in [4.69, 9.17) is 4.42 Å². The Kier molecular flexibility index (Phi) is 3.67. The Bertz CT molecular complexity index is 362. The molecular formula is C14H21NO2. The summed E-state index contributed by atoms with van der Waals surface area (Å²) in [6.07, 6.45) is 6.09. The monoisotopic (exact) mass is 235 g/mol. The zero-order valence-electron chi connectivity index (χ0n) is 10.7. The van der Waals surface area contributed by atoms with Crippen LogP contribution in [0, 0.1) is 11.3 Å². The van der Waals surface area contributed by atoms with E-state index in [0.29, 0.717) is 18.1 Å². The van der Waals surface area contributed by atoms with Crippen LogP contribution in [0.25, 0.3) is 0 Å². The molecule has 17 heavy (non-hydrogen) atoms. The molecule has 3 heteroatoms. The van der Waals surface area contributed by atoms with Gasteiger partial charge in [0.05, 0.1) is 12.5 Å². The van der Waals surface area contributed by atoms with Gasteiger partial charge in [0.1, 0.15) is 5.78 Å². The van der Waals surface area contributed by atoms with E-state index in [0.717, 1.165) is 25.1 Å². The predicted molar refractivity (Wildman–Crippen MR) is 66.8 cm³/mol. The lowest BCUT2D eigenvalue weighted by molar-refractivity contribution is -0.129. The molecule has 0 aliphatic carbocycles. The second-order valence-corrected chi connectivity index (χ2v) is 5.50. The molecule has 1 aliphatic heterocycles. The summed E-state index contributed by atoms with van der Waals surface area (Å²) in [6.45, 7) is 6.20. The minimum atomic E-state index is -0.245. The molecule has 94 valence electrons. The molecule has 1 aromatic heterocycles. The molecule has 0 bridgehead atoms. The van der Waals surface area contributed by atoms with Crippen LogP contribution < -0.4 is 5.32 Å². The molecule has 2 rings (SSSR count). The lowest BCUT2D eigenvalue weighted by Gasteiger charge is -2.36. The molecule has 2 heterocycles. The van der Waals surface area contributed by atoms with E-state index in [2.05, 4.69) is 19.2 Å². The molecule has 1 atom stereocenters. The summed E-state index contributed by atoms with van der Waals surface area (Å²) in [5, 5.41) is 3.38. The Morgan fingerprint density at radius 2 is 2.41 bits per heavy atom. The average molecular weight is 235 g/mol. The Morgan fingerprint density at radius 1 is 1.59 bits per heavy atom. The lowest BCUT2D eigenvalue weighted by Crippen LogP contribution is -2.43. The van der Waals surface area contributed by atoms with Crippen molar-refractivity contribution >= 4 is 5.78 Å². The van der Waals surface area contributed by atoms with Gasteiger partial charge in [0.15, 0.2) is 0 Å². The third-order valence-electron chi connectivity index (χ3n) is 3.98. The van der Waals surface area contributed by atoms with E-state index in [9.17, 15) is 4.79 Å². The van der Waals surface area contributed by atoms with Crippen molar-refractivity contribution in [3.05, 3.63) is 24.2 Å². The first-order chi connectivity index (χ1) is 8.10. The predicted octanol–water partition coefficient (Wildman–Crippen LogP) is 2.42. The number of rotatable bonds is 4. The molecule has 3 nitrogen and oxygen atoms in total. The van der Waals surface area contributed by atoms with Gasteiger partial charge in [0, 0.05) is 11.8 Å². The van der Waals surface area contributed by atoms with E-state index < -0.39 is 0 Å². The van der Waals surface area contributed by atoms with Crippen molar-refractivity contribution in [2.45, 2.75) is 33.1 Å². The number of Topliss-reactive ketones (excluding diaryl/α,β-unsaturated/α-hetero) is 1. The van der Waals surface area contributed by atoms with Crippen LogP contribution in [0.3, 0.4) is 0 Å². The first kappa shape index (κ1) is 12.4. The standard InChI is InChI=1S/C14H21NO2/c1-14(2,12-4-3-6-15-9-12)13(16)8-11-5-7-17-10-11/h5,7,10,12,15H,3-4,6,8-9H2,1-2H3. The summed E-state index contributed by atoms with van der Waals surface area (Å²) < 4.78 is 5.01. The normalized spacial score (nSPS) is 21.4. The maximum atomic E-state index is 12.4. The highest BCUT2D eigenvalue weighted by Gasteiger charge is 2.36. The molecule has 0 spiro atoms. The molecule has 1 aromatic rings. The quantitative estimate of drug-likeness (QED) is 0.871. The molecule has 1 fully saturated rings. The molecule has 1 saturated heterocycles. The Hall–Kier alpha value is -1.09. The van der Waals surface area contributed by atoms with Crippen molar-refractivity contribution in [2.75, 3.05) is 13.1 Å². The zero-order chi connectivity index (χ0) is 12.3. The van der Waals surface area contributed by atoms with E-state index in [-0.39, 0.29) is 5.41 Å². The molecule has 0 radical (unpaired) electrons. The van der Waals surface area contributed by atoms with Crippen molar-refractivity contribution in [1.29, 1.82) is 0 Å². The van der Waals surface area contributed by atoms with Crippen LogP contribution in [0.15, 0.2) is 23.0 Å². The highest BCUT2D eigenvalue weighted by Crippen LogP contribution is 2.33. The van der Waals surface area contributed by atoms with Gasteiger partial charge in [-0.2, -0.15) is 0 Å². The molecule has 1 aliphatic rings. The Morgan fingerprint density at radius 3 is 3.00 bits per heavy atom. The average Bonchev–Trinajstić information content (AvgIpc) is 2.83. The maximum Gasteiger partial charge on any atom is 0.143 e. The maximum absolute atomic E-state index is 12.4. The summed E-state index contributed by atoms with van der Waals surface area (Å²) >= 11 is 0. The van der Waals surface area contributed by atoms with Crippen LogP contribution >= 0.6 is 0 Å². The topological polar surface area (TPSA) is 42.2 Å². The van der Waals surface area contributed by atoms with Crippen LogP contribution in [0.4, 0.5) is 0 Å². The third-order valence-corrected chi connectivity index (χ3v) is 3.98. The van der Waals surface area contributed by atoms with Gasteiger partial charge in [-0.25, -0.2) is 0 Å². The second-order valence-electron chi connectivity index (χ2n) is 5.50. The van der Waals surface area contributed by atoms with Crippen LogP contribution in [0.1, 0.15) is 32.3 Å². The third kappa shape index (κ3) is 2.78. The number of hydrogen-bond donors (Lipinski definition) is 1. The highest BCUT2D eigenvalue weighted by atomic mass is 16.3. The number of nitrogens with one attached hydrogen (secondary N) is 1. The van der Waals surface area contributed by atoms with Gasteiger partial charge < -0.3 is 9.73 Å². The minimum absolute atomic E-state index is 0.245. The summed E-state index contributed by atoms with van der Waals surface area (Å²) in [5.41, 5.74) is 0.733. The van der Waals surface area contributed by atoms with Gasteiger partial charge in [-0.05, 0) is 43.5 Å². The van der Waals surface area contributed by atoms with E-state index in [1.807, 2.05) is 6.07 Å². The molecule has 0 saturated carbocycles. The van der Waals surface area contributed by atoms with Gasteiger partial charge in [0.2, 0.25) is 0 Å². The van der Waals surface area contributed by atoms with Crippen LogP contribution in [-0.2, 0) is 11.2 Å².